The first kappa shape index (κ1) is 14.6. The van der Waals surface area contributed by atoms with Crippen molar-refractivity contribution in [3.05, 3.63) is 53.5 Å². The van der Waals surface area contributed by atoms with Crippen molar-refractivity contribution in [2.75, 3.05) is 24.5 Å². The van der Waals surface area contributed by atoms with Crippen LogP contribution in [0.3, 0.4) is 0 Å². The first-order chi connectivity index (χ1) is 11.4. The normalized spacial score (nSPS) is 21.6. The molecule has 4 heteroatoms. The number of rotatable bonds is 2. The second-order valence-electron chi connectivity index (χ2n) is 6.57. The fourth-order valence-corrected chi connectivity index (χ4v) is 3.91. The highest BCUT2D eigenvalue weighted by Crippen LogP contribution is 2.31. The zero-order valence-electron chi connectivity index (χ0n) is 13.5. The van der Waals surface area contributed by atoms with Crippen LogP contribution in [0.25, 0.3) is 0 Å². The van der Waals surface area contributed by atoms with Gasteiger partial charge in [0.2, 0.25) is 0 Å². The van der Waals surface area contributed by atoms with Crippen molar-refractivity contribution < 1.29 is 0 Å². The molecular formula is C19H24N4. The summed E-state index contributed by atoms with van der Waals surface area (Å²) in [5.74, 6) is 1.87. The molecule has 1 aromatic heterocycles. The van der Waals surface area contributed by atoms with Crippen molar-refractivity contribution in [3.8, 4) is 0 Å². The first-order valence-electron chi connectivity index (χ1n) is 8.75. The highest BCUT2D eigenvalue weighted by Gasteiger charge is 2.23. The molecule has 0 spiro atoms. The number of anilines is 1. The van der Waals surface area contributed by atoms with Gasteiger partial charge in [-0.05, 0) is 43.7 Å². The van der Waals surface area contributed by atoms with E-state index in [9.17, 15) is 0 Å². The molecule has 4 rings (SSSR count). The summed E-state index contributed by atoms with van der Waals surface area (Å²) in [6.45, 7) is 4.12. The predicted molar refractivity (Wildman–Crippen MR) is 92.7 cm³/mol. The van der Waals surface area contributed by atoms with Gasteiger partial charge >= 0.3 is 0 Å². The van der Waals surface area contributed by atoms with Crippen molar-refractivity contribution in [2.45, 2.75) is 38.1 Å². The van der Waals surface area contributed by atoms with Crippen molar-refractivity contribution >= 4 is 5.82 Å². The standard InChI is InChI=1S/C19H24N4/c1-2-5-15(6-3-1)16-7-4-11-23(12-9-16)19-17-8-10-20-13-18(17)21-14-22-19/h1-3,5-6,14,16,20H,4,7-13H2/t16-/m1/s1. The van der Waals surface area contributed by atoms with Gasteiger partial charge in [0.15, 0.2) is 0 Å². The Morgan fingerprint density at radius 1 is 1.04 bits per heavy atom. The SMILES string of the molecule is c1ccc([C@@H]2CCCN(c3ncnc4c3CCNC4)CC2)cc1. The van der Waals surface area contributed by atoms with E-state index in [0.29, 0.717) is 5.92 Å². The van der Waals surface area contributed by atoms with Crippen LogP contribution in [0.1, 0.15) is 42.0 Å². The topological polar surface area (TPSA) is 41.1 Å². The van der Waals surface area contributed by atoms with Crippen LogP contribution in [0.15, 0.2) is 36.7 Å². The Morgan fingerprint density at radius 2 is 1.96 bits per heavy atom. The Morgan fingerprint density at radius 3 is 2.87 bits per heavy atom. The van der Waals surface area contributed by atoms with Gasteiger partial charge in [-0.25, -0.2) is 9.97 Å². The third kappa shape index (κ3) is 3.08. The summed E-state index contributed by atoms with van der Waals surface area (Å²) in [6, 6.07) is 11.0. The second-order valence-corrected chi connectivity index (χ2v) is 6.57. The molecule has 1 atom stereocenters. The molecule has 23 heavy (non-hydrogen) atoms. The molecule has 1 saturated heterocycles. The summed E-state index contributed by atoms with van der Waals surface area (Å²) in [7, 11) is 0. The Hall–Kier alpha value is -1.94. The summed E-state index contributed by atoms with van der Waals surface area (Å²) < 4.78 is 0. The van der Waals surface area contributed by atoms with Gasteiger partial charge in [0.1, 0.15) is 12.1 Å². The van der Waals surface area contributed by atoms with Gasteiger partial charge in [-0.15, -0.1) is 0 Å². The van der Waals surface area contributed by atoms with Gasteiger partial charge in [0.05, 0.1) is 5.69 Å². The van der Waals surface area contributed by atoms with Crippen molar-refractivity contribution in [3.63, 3.8) is 0 Å². The molecule has 2 aliphatic rings. The lowest BCUT2D eigenvalue weighted by Crippen LogP contribution is -2.31. The van der Waals surface area contributed by atoms with E-state index in [-0.39, 0.29) is 0 Å². The number of hydrogen-bond acceptors (Lipinski definition) is 4. The number of nitrogens with zero attached hydrogens (tertiary/aromatic N) is 3. The zero-order valence-corrected chi connectivity index (χ0v) is 13.5. The minimum atomic E-state index is 0.681. The van der Waals surface area contributed by atoms with Crippen LogP contribution in [0.5, 0.6) is 0 Å². The van der Waals surface area contributed by atoms with E-state index < -0.39 is 0 Å². The van der Waals surface area contributed by atoms with Gasteiger partial charge in [-0.2, -0.15) is 0 Å². The van der Waals surface area contributed by atoms with E-state index in [2.05, 4.69) is 50.5 Å². The van der Waals surface area contributed by atoms with E-state index >= 15 is 0 Å². The molecule has 0 saturated carbocycles. The second kappa shape index (κ2) is 6.67. The van der Waals surface area contributed by atoms with Crippen LogP contribution < -0.4 is 10.2 Å². The Kier molecular flexibility index (Phi) is 4.24. The molecular weight excluding hydrogens is 284 g/mol. The predicted octanol–water partition coefficient (Wildman–Crippen LogP) is 2.90. The first-order valence-corrected chi connectivity index (χ1v) is 8.75. The van der Waals surface area contributed by atoms with Crippen molar-refractivity contribution in [1.29, 1.82) is 0 Å². The summed E-state index contributed by atoms with van der Waals surface area (Å²) >= 11 is 0. The van der Waals surface area contributed by atoms with E-state index in [1.807, 2.05) is 0 Å². The molecule has 0 aliphatic carbocycles. The van der Waals surface area contributed by atoms with Gasteiger partial charge in [-0.3, -0.25) is 0 Å². The highest BCUT2D eigenvalue weighted by molar-refractivity contribution is 5.49. The Bertz CT molecular complexity index is 656. The highest BCUT2D eigenvalue weighted by atomic mass is 15.2. The van der Waals surface area contributed by atoms with Gasteiger partial charge in [0.25, 0.3) is 0 Å². The fourth-order valence-electron chi connectivity index (χ4n) is 3.91. The molecule has 1 aromatic carbocycles. The summed E-state index contributed by atoms with van der Waals surface area (Å²) in [5.41, 5.74) is 4.04. The molecule has 0 unspecified atom stereocenters. The molecule has 1 fully saturated rings. The van der Waals surface area contributed by atoms with E-state index in [4.69, 9.17) is 0 Å². The van der Waals surface area contributed by atoms with Gasteiger partial charge < -0.3 is 10.2 Å². The number of aromatic nitrogens is 2. The summed E-state index contributed by atoms with van der Waals surface area (Å²) in [4.78, 5) is 11.6. The molecule has 0 radical (unpaired) electrons. The number of nitrogens with one attached hydrogen (secondary N) is 1. The van der Waals surface area contributed by atoms with E-state index in [0.717, 1.165) is 32.6 Å². The number of benzene rings is 1. The molecule has 3 heterocycles. The molecule has 4 nitrogen and oxygen atoms in total. The molecule has 120 valence electrons. The molecule has 0 bridgehead atoms. The van der Waals surface area contributed by atoms with Crippen LogP contribution in [-0.2, 0) is 13.0 Å². The third-order valence-corrected chi connectivity index (χ3v) is 5.15. The maximum absolute atomic E-state index is 4.64. The summed E-state index contributed by atoms with van der Waals surface area (Å²) in [5, 5.41) is 3.40. The average Bonchev–Trinajstić information content (AvgIpc) is 2.88. The minimum Gasteiger partial charge on any atom is -0.356 e. The average molecular weight is 308 g/mol. The quantitative estimate of drug-likeness (QED) is 0.926. The molecule has 2 aliphatic heterocycles. The fraction of sp³-hybridized carbons (Fsp3) is 0.474. The number of hydrogen-bond donors (Lipinski definition) is 1. The largest absolute Gasteiger partial charge is 0.356 e. The van der Waals surface area contributed by atoms with Gasteiger partial charge in [-0.1, -0.05) is 30.3 Å². The smallest absolute Gasteiger partial charge is 0.135 e. The molecule has 2 aromatic rings. The van der Waals surface area contributed by atoms with Crippen LogP contribution in [0.4, 0.5) is 5.82 Å². The van der Waals surface area contributed by atoms with Crippen LogP contribution >= 0.6 is 0 Å². The lowest BCUT2D eigenvalue weighted by Gasteiger charge is -2.27. The van der Waals surface area contributed by atoms with Crippen molar-refractivity contribution in [2.24, 2.45) is 0 Å². The maximum Gasteiger partial charge on any atom is 0.135 e. The van der Waals surface area contributed by atoms with E-state index in [1.54, 1.807) is 6.33 Å². The van der Waals surface area contributed by atoms with E-state index in [1.165, 1.54) is 41.9 Å². The lowest BCUT2D eigenvalue weighted by atomic mass is 9.92. The maximum atomic E-state index is 4.64. The number of fused-ring (bicyclic) bond motifs is 1. The summed E-state index contributed by atoms with van der Waals surface area (Å²) in [6.07, 6.45) is 6.50. The van der Waals surface area contributed by atoms with Crippen molar-refractivity contribution in [1.82, 2.24) is 15.3 Å². The van der Waals surface area contributed by atoms with Gasteiger partial charge in [0, 0.05) is 25.2 Å². The van der Waals surface area contributed by atoms with Crippen LogP contribution in [0, 0.1) is 0 Å². The Labute approximate surface area is 138 Å². The monoisotopic (exact) mass is 308 g/mol. The molecule has 1 N–H and O–H groups in total. The minimum absolute atomic E-state index is 0.681. The molecule has 0 amide bonds. The third-order valence-electron chi connectivity index (χ3n) is 5.15. The van der Waals surface area contributed by atoms with Crippen LogP contribution in [0.2, 0.25) is 0 Å². The lowest BCUT2D eigenvalue weighted by molar-refractivity contribution is 0.610. The van der Waals surface area contributed by atoms with Crippen LogP contribution in [-0.4, -0.2) is 29.6 Å². The zero-order chi connectivity index (χ0) is 15.5. The Balaban J connectivity index is 1.53.